The Morgan fingerprint density at radius 1 is 0.443 bits per heavy atom. The van der Waals surface area contributed by atoms with E-state index < -0.39 is 278 Å². The Hall–Kier alpha value is -10.1. The second-order valence-corrected chi connectivity index (χ2v) is 34.0. The maximum atomic E-state index is 15.2. The van der Waals surface area contributed by atoms with Crippen LogP contribution in [0.5, 0.6) is 0 Å². The highest BCUT2D eigenvalue weighted by Gasteiger charge is 2.39. The average molecular weight is 1640 g/mol. The second-order valence-electron chi connectivity index (χ2n) is 34.0. The smallest absolute Gasteiger partial charge is 0.407 e. The van der Waals surface area contributed by atoms with Crippen LogP contribution in [0.1, 0.15) is 211 Å². The van der Waals surface area contributed by atoms with E-state index in [2.05, 4.69) is 85.1 Å². The van der Waals surface area contributed by atoms with Gasteiger partial charge in [0.1, 0.15) is 95.0 Å². The molecule has 18 N–H and O–H groups in total. The van der Waals surface area contributed by atoms with Crippen molar-refractivity contribution in [2.75, 3.05) is 45.9 Å². The van der Waals surface area contributed by atoms with Gasteiger partial charge >= 0.3 is 36.4 Å². The van der Waals surface area contributed by atoms with Crippen LogP contribution in [0.15, 0.2) is 0 Å². The van der Waals surface area contributed by atoms with Gasteiger partial charge in [0.05, 0.1) is 30.6 Å². The van der Waals surface area contributed by atoms with E-state index >= 15 is 9.59 Å². The molecule has 0 aromatic heterocycles. The predicted molar refractivity (Wildman–Crippen MR) is 415 cm³/mol. The number of rotatable bonds is 29. The molecular weight excluding hydrogens is 1510 g/mol. The number of nitrogens with one attached hydrogen (secondary N) is 16. The minimum absolute atomic E-state index is 0.141. The van der Waals surface area contributed by atoms with Crippen molar-refractivity contribution in [3.05, 3.63) is 0 Å². The van der Waals surface area contributed by atoms with E-state index in [9.17, 15) is 82.1 Å². The maximum Gasteiger partial charge on any atom is 0.407 e. The van der Waals surface area contributed by atoms with Crippen LogP contribution in [-0.2, 0) is 86.0 Å². The van der Waals surface area contributed by atoms with Crippen molar-refractivity contribution < 1.29 is 120 Å². The van der Waals surface area contributed by atoms with Gasteiger partial charge in [0.25, 0.3) is 0 Å². The minimum atomic E-state index is -2.06. The van der Waals surface area contributed by atoms with Crippen LogP contribution < -0.4 is 85.1 Å². The van der Waals surface area contributed by atoms with Gasteiger partial charge in [-0.05, 0) is 189 Å². The van der Waals surface area contributed by atoms with Crippen LogP contribution in [0.25, 0.3) is 0 Å². The number of aliphatic hydroxyl groups is 2. The highest BCUT2D eigenvalue weighted by Crippen LogP contribution is 2.17. The molecule has 1 aliphatic rings. The summed E-state index contributed by atoms with van der Waals surface area (Å²) in [6, 6.07) is -17.9. The van der Waals surface area contributed by atoms with Gasteiger partial charge in [-0.2, -0.15) is 0 Å². The molecule has 0 radical (unpaired) electrons. The van der Waals surface area contributed by atoms with Gasteiger partial charge in [0.15, 0.2) is 0 Å². The summed E-state index contributed by atoms with van der Waals surface area (Å²) in [5.41, 5.74) is -6.05. The maximum absolute atomic E-state index is 15.2. The molecule has 0 aliphatic carbocycles. The molecule has 0 aromatic carbocycles. The highest BCUT2D eigenvalue weighted by atomic mass is 16.6. The van der Waals surface area contributed by atoms with Gasteiger partial charge in [-0.1, -0.05) is 20.8 Å². The molecule has 656 valence electrons. The Morgan fingerprint density at radius 3 is 1.23 bits per heavy atom. The summed E-state index contributed by atoms with van der Waals surface area (Å²) in [5, 5.41) is 61.7. The summed E-state index contributed by atoms with van der Waals surface area (Å²) < 4.78 is 31.9. The molecule has 1 fully saturated rings. The molecule has 1 rings (SSSR count). The zero-order valence-corrected chi connectivity index (χ0v) is 70.9. The number of esters is 1. The molecule has 1 aliphatic heterocycles. The molecular formula is C74H130N16O25. The van der Waals surface area contributed by atoms with Crippen LogP contribution in [-0.4, -0.2) is 258 Å². The topological polar surface area (TPSA) is 579 Å². The molecule has 115 heavy (non-hydrogen) atoms. The van der Waals surface area contributed by atoms with E-state index in [4.69, 9.17) is 28.4 Å². The fourth-order valence-corrected chi connectivity index (χ4v) is 10.0. The fourth-order valence-electron chi connectivity index (χ4n) is 10.0. The van der Waals surface area contributed by atoms with Gasteiger partial charge in [-0.3, -0.25) is 57.5 Å². The first-order valence-corrected chi connectivity index (χ1v) is 38.4. The Balaban J connectivity index is 4.42. The molecule has 41 nitrogen and oxygen atoms in total. The molecule has 16 amide bonds. The van der Waals surface area contributed by atoms with Crippen molar-refractivity contribution in [1.29, 1.82) is 0 Å². The van der Waals surface area contributed by atoms with Crippen molar-refractivity contribution in [3.8, 4) is 0 Å². The predicted octanol–water partition coefficient (Wildman–Crippen LogP) is -0.265. The number of hydrogen-bond donors (Lipinski definition) is 18. The van der Waals surface area contributed by atoms with Crippen molar-refractivity contribution in [2.45, 2.75) is 311 Å². The van der Waals surface area contributed by atoms with Gasteiger partial charge < -0.3 is 124 Å². The van der Waals surface area contributed by atoms with E-state index in [1.54, 1.807) is 118 Å². The summed E-state index contributed by atoms with van der Waals surface area (Å²) in [5.74, 6) is -13.5. The standard InChI is InChI=1S/C74H130N16O25/c1-24-42-53(94)83-45(27-33-77-65(106)112-71(12,13)14)55(96)85-47(29-35-79-67(108)114-73(18,19)20)58(99)89-51(40(4)91)61(102)75-31-25-44(54(95)84-46(28-34-78-66(107)113-72(15,16)17)56(97)87-48(37-39(2)3)59(100)82-42)86-60(101)49(38-80-68(109)115-74(21,22)23)88-62(103)52(41(5)92)90-57(98)43(26-32-76-64(105)111-70(9,10)11)81-50(93)30-36-110-63(104)69(6,7)8/h39-49,51-52,91-92H,24-38H2,1-23H3,(H,75,102)(H,76,105)(H,77,106)(H,78,107)(H,79,108)(H,80,109)(H,81,93)(H,82,100)(H,83,94)(H,84,95)(H,85,96)(H,86,101)(H,87,97)(H,88,103)(H,89,99)(H,90,98)/t40?,41?,42-,43-,44-,45-,46+,47-,48+,49-,51-,52-/m0/s1. The fraction of sp³-hybridized carbons (Fsp3) is 0.770. The number of hydrogen-bond acceptors (Lipinski definition) is 25. The van der Waals surface area contributed by atoms with Crippen molar-refractivity contribution in [2.24, 2.45) is 11.3 Å². The molecule has 41 heteroatoms. The van der Waals surface area contributed by atoms with E-state index in [1.165, 1.54) is 27.7 Å². The molecule has 1 saturated heterocycles. The molecule has 1 heterocycles. The summed E-state index contributed by atoms with van der Waals surface area (Å²) >= 11 is 0. The van der Waals surface area contributed by atoms with Gasteiger partial charge in [0, 0.05) is 32.7 Å². The lowest BCUT2D eigenvalue weighted by Gasteiger charge is -2.29. The van der Waals surface area contributed by atoms with E-state index in [0.29, 0.717) is 0 Å². The Labute approximate surface area is 672 Å². The van der Waals surface area contributed by atoms with Crippen molar-refractivity contribution in [1.82, 2.24) is 85.1 Å². The van der Waals surface area contributed by atoms with Crippen LogP contribution in [0.3, 0.4) is 0 Å². The number of aliphatic hydroxyl groups excluding tert-OH is 2. The third kappa shape index (κ3) is 44.4. The second kappa shape index (κ2) is 47.1. The Bertz CT molecular complexity index is 3330. The van der Waals surface area contributed by atoms with Crippen LogP contribution in [0, 0.1) is 11.3 Å². The van der Waals surface area contributed by atoms with Crippen LogP contribution in [0.2, 0.25) is 0 Å². The van der Waals surface area contributed by atoms with E-state index in [-0.39, 0.29) is 32.4 Å². The third-order valence-electron chi connectivity index (χ3n) is 15.5. The first kappa shape index (κ1) is 103. The number of carbonyl (C=O) groups is 17. The first-order chi connectivity index (χ1) is 52.7. The van der Waals surface area contributed by atoms with Crippen LogP contribution >= 0.6 is 0 Å². The summed E-state index contributed by atoms with van der Waals surface area (Å²) in [6.45, 7) is 31.8. The molecule has 12 atom stereocenters. The normalized spacial score (nSPS) is 20.2. The molecule has 0 saturated carbocycles. The average Bonchev–Trinajstić information content (AvgIpc) is 1.23. The molecule has 0 bridgehead atoms. The van der Waals surface area contributed by atoms with Gasteiger partial charge in [-0.25, -0.2) is 24.0 Å². The zero-order valence-electron chi connectivity index (χ0n) is 70.9. The lowest BCUT2D eigenvalue weighted by molar-refractivity contribution is -0.153. The van der Waals surface area contributed by atoms with Gasteiger partial charge in [0.2, 0.25) is 65.0 Å². The zero-order chi connectivity index (χ0) is 88.5. The SMILES string of the molecule is CC[C@@H]1NC(=O)[C@@H](CC(C)C)NC(=O)[C@@H](CCNC(=O)OC(C)(C)C)NC(=O)[C@@H](NC(=O)[C@H](CNC(=O)OC(C)(C)C)NC(=O)[C@@H](NC(=O)[C@H](CCNC(=O)OC(C)(C)C)NC(=O)CCOC(=O)C(C)(C)C)C(C)O)CCNC(=O)[C@H](C(C)O)NC(=O)[C@H](CCNC(=O)OC(C)(C)C)NC(=O)[C@H](CCNC(=O)OC(C)(C)C)NC1=O. The lowest BCUT2D eigenvalue weighted by atomic mass is 9.97. The van der Waals surface area contributed by atoms with Crippen molar-refractivity contribution >= 4 is 101 Å². The van der Waals surface area contributed by atoms with E-state index in [1.807, 2.05) is 0 Å². The lowest BCUT2D eigenvalue weighted by Crippen LogP contribution is -2.63. The third-order valence-corrected chi connectivity index (χ3v) is 15.5. The Morgan fingerprint density at radius 2 is 0.826 bits per heavy atom. The summed E-state index contributed by atoms with van der Waals surface area (Å²) in [4.78, 5) is 237. The number of amides is 16. The van der Waals surface area contributed by atoms with Crippen molar-refractivity contribution in [3.63, 3.8) is 0 Å². The molecule has 2 unspecified atom stereocenters. The number of carbonyl (C=O) groups excluding carboxylic acids is 17. The summed E-state index contributed by atoms with van der Waals surface area (Å²) in [7, 11) is 0. The molecule has 0 aromatic rings. The summed E-state index contributed by atoms with van der Waals surface area (Å²) in [6.07, 6.45) is -11.8. The minimum Gasteiger partial charge on any atom is -0.465 e. The quantitative estimate of drug-likeness (QED) is 0.0339. The van der Waals surface area contributed by atoms with E-state index in [0.717, 1.165) is 13.8 Å². The molecule has 0 spiro atoms. The number of ether oxygens (including phenoxy) is 6. The number of alkyl carbamates (subject to hydrolysis) is 5. The highest BCUT2D eigenvalue weighted by molar-refractivity contribution is 5.99. The van der Waals surface area contributed by atoms with Gasteiger partial charge in [-0.15, -0.1) is 0 Å². The largest absolute Gasteiger partial charge is 0.465 e. The first-order valence-electron chi connectivity index (χ1n) is 38.4. The Kier molecular flexibility index (Phi) is 42.1. The monoisotopic (exact) mass is 1640 g/mol. The van der Waals surface area contributed by atoms with Crippen LogP contribution in [0.4, 0.5) is 24.0 Å².